The molecule has 1 amide bonds. The van der Waals surface area contributed by atoms with Crippen LogP contribution in [0.1, 0.15) is 36.7 Å². The number of halogens is 1. The second kappa shape index (κ2) is 14.0. The van der Waals surface area contributed by atoms with Crippen molar-refractivity contribution in [3.8, 4) is 17.6 Å². The van der Waals surface area contributed by atoms with Crippen molar-refractivity contribution < 1.29 is 33.3 Å². The number of anilines is 1. The number of carbonyl (C=O) groups excluding carboxylic acids is 3. The van der Waals surface area contributed by atoms with Gasteiger partial charge in [0.2, 0.25) is 0 Å². The molecule has 0 radical (unpaired) electrons. The third-order valence-corrected chi connectivity index (χ3v) is 5.10. The predicted octanol–water partition coefficient (Wildman–Crippen LogP) is 4.35. The van der Waals surface area contributed by atoms with Crippen molar-refractivity contribution in [2.75, 3.05) is 31.7 Å². The lowest BCUT2D eigenvalue weighted by atomic mass is 10.1. The molecule has 2 aromatic carbocycles. The summed E-state index contributed by atoms with van der Waals surface area (Å²) in [7, 11) is 0. The number of nitrogens with zero attached hydrogens (tertiary/aromatic N) is 1. The zero-order valence-corrected chi connectivity index (χ0v) is 21.7. The molecule has 2 aromatic rings. The molecule has 0 aromatic heterocycles. The molecular weight excluding hydrogens is 567 g/mol. The Bertz CT molecular complexity index is 1140. The summed E-state index contributed by atoms with van der Waals surface area (Å²) in [6.07, 6.45) is 1.42. The molecule has 184 valence electrons. The van der Waals surface area contributed by atoms with Crippen LogP contribution in [-0.4, -0.2) is 44.3 Å². The number of hydrogen-bond donors (Lipinski definition) is 1. The van der Waals surface area contributed by atoms with Gasteiger partial charge in [-0.2, -0.15) is 5.26 Å². The van der Waals surface area contributed by atoms with E-state index in [1.54, 1.807) is 45.0 Å². The largest absolute Gasteiger partial charge is 0.490 e. The van der Waals surface area contributed by atoms with Crippen LogP contribution in [0.5, 0.6) is 11.5 Å². The summed E-state index contributed by atoms with van der Waals surface area (Å²) in [6.45, 7) is 5.78. The monoisotopic (exact) mass is 592 g/mol. The topological polar surface area (TPSA) is 124 Å². The molecule has 0 fully saturated rings. The maximum atomic E-state index is 12.7. The number of nitriles is 1. The van der Waals surface area contributed by atoms with Crippen molar-refractivity contribution in [3.05, 3.63) is 56.7 Å². The van der Waals surface area contributed by atoms with E-state index in [1.165, 1.54) is 18.2 Å². The molecule has 0 saturated carbocycles. The van der Waals surface area contributed by atoms with Crippen LogP contribution in [0.4, 0.5) is 5.69 Å². The SMILES string of the molecule is CCOC(=O)COc1c(I)cc(/C=C(\C#N)C(=O)Nc2ccc(C(=O)OCC)cc2)cc1OCC. The second-order valence-electron chi connectivity index (χ2n) is 6.78. The average Bonchev–Trinajstić information content (AvgIpc) is 2.83. The molecule has 0 bridgehead atoms. The lowest BCUT2D eigenvalue weighted by Crippen LogP contribution is -2.15. The van der Waals surface area contributed by atoms with Crippen LogP contribution in [0.3, 0.4) is 0 Å². The Labute approximate surface area is 217 Å². The first-order valence-corrected chi connectivity index (χ1v) is 11.9. The van der Waals surface area contributed by atoms with Crippen LogP contribution in [0.25, 0.3) is 6.08 Å². The standard InChI is InChI=1S/C25H25IN2O7/c1-4-32-21-13-16(12-20(26)23(21)35-15-22(29)33-5-2)11-18(14-27)24(30)28-19-9-7-17(8-10-19)25(31)34-6-3/h7-13H,4-6,15H2,1-3H3,(H,28,30)/b18-11+. The van der Waals surface area contributed by atoms with Crippen molar-refractivity contribution in [1.82, 2.24) is 0 Å². The molecule has 0 aliphatic rings. The molecule has 2 rings (SSSR count). The van der Waals surface area contributed by atoms with Crippen molar-refractivity contribution in [2.24, 2.45) is 0 Å². The Morgan fingerprint density at radius 2 is 1.69 bits per heavy atom. The van der Waals surface area contributed by atoms with Crippen molar-refractivity contribution in [2.45, 2.75) is 20.8 Å². The van der Waals surface area contributed by atoms with Gasteiger partial charge in [-0.3, -0.25) is 4.79 Å². The number of hydrogen-bond acceptors (Lipinski definition) is 8. The van der Waals surface area contributed by atoms with E-state index in [0.717, 1.165) is 0 Å². The lowest BCUT2D eigenvalue weighted by molar-refractivity contribution is -0.145. The third-order valence-electron chi connectivity index (χ3n) is 4.30. The summed E-state index contributed by atoms with van der Waals surface area (Å²) in [4.78, 5) is 36.1. The summed E-state index contributed by atoms with van der Waals surface area (Å²) in [5.41, 5.74) is 1.16. The van der Waals surface area contributed by atoms with Crippen LogP contribution < -0.4 is 14.8 Å². The molecule has 0 heterocycles. The van der Waals surface area contributed by atoms with Gasteiger partial charge in [0.05, 0.1) is 29.0 Å². The first kappa shape index (κ1) is 27.7. The Hall–Kier alpha value is -3.59. The molecule has 9 nitrogen and oxygen atoms in total. The van der Waals surface area contributed by atoms with Gasteiger partial charge in [0.1, 0.15) is 11.6 Å². The zero-order valence-electron chi connectivity index (χ0n) is 19.6. The minimum Gasteiger partial charge on any atom is -0.490 e. The van der Waals surface area contributed by atoms with Crippen molar-refractivity contribution in [3.63, 3.8) is 0 Å². The molecule has 35 heavy (non-hydrogen) atoms. The number of ether oxygens (including phenoxy) is 4. The first-order valence-electron chi connectivity index (χ1n) is 10.8. The number of carbonyl (C=O) groups is 3. The molecular formula is C25H25IN2O7. The van der Waals surface area contributed by atoms with E-state index in [2.05, 4.69) is 5.32 Å². The highest BCUT2D eigenvalue weighted by Gasteiger charge is 2.16. The molecule has 0 saturated heterocycles. The quantitative estimate of drug-likeness (QED) is 0.177. The molecule has 10 heteroatoms. The van der Waals surface area contributed by atoms with Crippen molar-refractivity contribution >= 4 is 52.2 Å². The van der Waals surface area contributed by atoms with Crippen LogP contribution in [0.2, 0.25) is 0 Å². The maximum Gasteiger partial charge on any atom is 0.344 e. The second-order valence-corrected chi connectivity index (χ2v) is 7.94. The summed E-state index contributed by atoms with van der Waals surface area (Å²) in [5, 5.41) is 12.2. The summed E-state index contributed by atoms with van der Waals surface area (Å²) >= 11 is 2.02. The zero-order chi connectivity index (χ0) is 25.8. The predicted molar refractivity (Wildman–Crippen MR) is 137 cm³/mol. The summed E-state index contributed by atoms with van der Waals surface area (Å²) in [5.74, 6) is -0.859. The molecule has 0 atom stereocenters. The third kappa shape index (κ3) is 8.29. The average molecular weight is 592 g/mol. The van der Waals surface area contributed by atoms with Crippen LogP contribution >= 0.6 is 22.6 Å². The Morgan fingerprint density at radius 1 is 1.00 bits per heavy atom. The highest BCUT2D eigenvalue weighted by molar-refractivity contribution is 14.1. The fraction of sp³-hybridized carbons (Fsp3) is 0.280. The van der Waals surface area contributed by atoms with Gasteiger partial charge < -0.3 is 24.3 Å². The smallest absolute Gasteiger partial charge is 0.344 e. The van der Waals surface area contributed by atoms with Gasteiger partial charge in [-0.1, -0.05) is 0 Å². The van der Waals surface area contributed by atoms with Crippen LogP contribution in [0, 0.1) is 14.9 Å². The number of esters is 2. The lowest BCUT2D eigenvalue weighted by Gasteiger charge is -2.14. The molecule has 0 spiro atoms. The highest BCUT2D eigenvalue weighted by atomic mass is 127. The number of rotatable bonds is 11. The number of benzene rings is 2. The van der Waals surface area contributed by atoms with Gasteiger partial charge in [0, 0.05) is 5.69 Å². The van der Waals surface area contributed by atoms with Crippen LogP contribution in [-0.2, 0) is 19.1 Å². The highest BCUT2D eigenvalue weighted by Crippen LogP contribution is 2.35. The fourth-order valence-electron chi connectivity index (χ4n) is 2.83. The minimum atomic E-state index is -0.619. The number of nitrogens with one attached hydrogen (secondary N) is 1. The van der Waals surface area contributed by atoms with E-state index in [-0.39, 0.29) is 25.4 Å². The van der Waals surface area contributed by atoms with E-state index >= 15 is 0 Å². The van der Waals surface area contributed by atoms with Crippen molar-refractivity contribution in [1.29, 1.82) is 5.26 Å². The molecule has 0 aliphatic heterocycles. The van der Waals surface area contributed by atoms with Gasteiger partial charge in [-0.15, -0.1) is 0 Å². The minimum absolute atomic E-state index is 0.141. The summed E-state index contributed by atoms with van der Waals surface area (Å²) in [6, 6.07) is 11.3. The van der Waals surface area contributed by atoms with Crippen LogP contribution in [0.15, 0.2) is 42.0 Å². The maximum absolute atomic E-state index is 12.7. The van der Waals surface area contributed by atoms with Gasteiger partial charge >= 0.3 is 11.9 Å². The molecule has 0 aliphatic carbocycles. The van der Waals surface area contributed by atoms with Gasteiger partial charge in [0.15, 0.2) is 18.1 Å². The Balaban J connectivity index is 2.23. The first-order chi connectivity index (χ1) is 16.8. The van der Waals surface area contributed by atoms with Gasteiger partial charge in [-0.05, 0) is 91.4 Å². The van der Waals surface area contributed by atoms with E-state index in [0.29, 0.717) is 38.5 Å². The molecule has 0 unspecified atom stereocenters. The summed E-state index contributed by atoms with van der Waals surface area (Å²) < 4.78 is 21.7. The van der Waals surface area contributed by atoms with E-state index in [4.69, 9.17) is 18.9 Å². The Morgan fingerprint density at radius 3 is 2.29 bits per heavy atom. The molecule has 1 N–H and O–H groups in total. The van der Waals surface area contributed by atoms with E-state index < -0.39 is 17.8 Å². The number of amides is 1. The van der Waals surface area contributed by atoms with E-state index in [1.807, 2.05) is 28.7 Å². The Kier molecular flexibility index (Phi) is 11.0. The van der Waals surface area contributed by atoms with Gasteiger partial charge in [-0.25, -0.2) is 9.59 Å². The fourth-order valence-corrected chi connectivity index (χ4v) is 3.61. The van der Waals surface area contributed by atoms with Gasteiger partial charge in [0.25, 0.3) is 5.91 Å². The normalized spacial score (nSPS) is 10.7. The van der Waals surface area contributed by atoms with E-state index in [9.17, 15) is 19.6 Å².